The van der Waals surface area contributed by atoms with Crippen LogP contribution < -0.4 is 5.32 Å². The Hall–Kier alpha value is -0.860. The third-order valence-electron chi connectivity index (χ3n) is 3.03. The Morgan fingerprint density at radius 1 is 1.25 bits per heavy atom. The van der Waals surface area contributed by atoms with Crippen molar-refractivity contribution in [1.29, 1.82) is 0 Å². The molecule has 0 aliphatic rings. The van der Waals surface area contributed by atoms with Gasteiger partial charge in [-0.2, -0.15) is 0 Å². The summed E-state index contributed by atoms with van der Waals surface area (Å²) in [6.07, 6.45) is 1.88. The smallest absolute Gasteiger partial charge is 0.0445 e. The van der Waals surface area contributed by atoms with Gasteiger partial charge in [0.1, 0.15) is 0 Å². The summed E-state index contributed by atoms with van der Waals surface area (Å²) in [7, 11) is 0. The molecule has 90 valence electrons. The van der Waals surface area contributed by atoms with Crippen molar-refractivity contribution in [3.05, 3.63) is 35.4 Å². The molecule has 1 aromatic rings. The van der Waals surface area contributed by atoms with Crippen LogP contribution in [0.3, 0.4) is 0 Å². The molecule has 0 aliphatic carbocycles. The van der Waals surface area contributed by atoms with Gasteiger partial charge in [-0.1, -0.05) is 36.8 Å². The first-order valence-electron chi connectivity index (χ1n) is 6.10. The predicted octanol–water partition coefficient (Wildman–Crippen LogP) is 2.81. The van der Waals surface area contributed by atoms with Crippen molar-refractivity contribution in [3.8, 4) is 0 Å². The zero-order valence-electron chi connectivity index (χ0n) is 10.5. The van der Waals surface area contributed by atoms with Crippen LogP contribution in [0.5, 0.6) is 0 Å². The molecular formula is C14H23NO. The van der Waals surface area contributed by atoms with Crippen LogP contribution in [0, 0.1) is 6.92 Å². The Kier molecular flexibility index (Phi) is 5.50. The fourth-order valence-corrected chi connectivity index (χ4v) is 1.87. The number of hydrogen-bond acceptors (Lipinski definition) is 2. The maximum Gasteiger partial charge on any atom is 0.0445 e. The largest absolute Gasteiger partial charge is 0.396 e. The minimum atomic E-state index is 0.256. The molecular weight excluding hydrogens is 198 g/mol. The second kappa shape index (κ2) is 6.66. The van der Waals surface area contributed by atoms with Crippen LogP contribution in [0.15, 0.2) is 24.3 Å². The zero-order chi connectivity index (χ0) is 12.0. The van der Waals surface area contributed by atoms with Crippen LogP contribution >= 0.6 is 0 Å². The number of aliphatic hydroxyl groups excluding tert-OH is 1. The Morgan fingerprint density at radius 2 is 1.88 bits per heavy atom. The van der Waals surface area contributed by atoms with Crippen LogP contribution in [0.4, 0.5) is 0 Å². The number of rotatable bonds is 6. The first-order chi connectivity index (χ1) is 7.67. The van der Waals surface area contributed by atoms with Crippen molar-refractivity contribution in [1.82, 2.24) is 5.32 Å². The number of nitrogens with one attached hydrogen (secondary N) is 1. The molecule has 2 nitrogen and oxygen atoms in total. The maximum absolute atomic E-state index is 8.95. The van der Waals surface area contributed by atoms with Gasteiger partial charge in [-0.15, -0.1) is 0 Å². The fourth-order valence-electron chi connectivity index (χ4n) is 1.87. The Balaban J connectivity index is 2.56. The van der Waals surface area contributed by atoms with Crippen LogP contribution in [-0.2, 0) is 0 Å². The van der Waals surface area contributed by atoms with Crippen molar-refractivity contribution < 1.29 is 5.11 Å². The SMILES string of the molecule is CCC(CCO)NC(C)c1ccc(C)cc1. The van der Waals surface area contributed by atoms with Gasteiger partial charge in [-0.3, -0.25) is 0 Å². The van der Waals surface area contributed by atoms with Gasteiger partial charge < -0.3 is 10.4 Å². The molecule has 0 amide bonds. The lowest BCUT2D eigenvalue weighted by atomic mass is 10.0. The highest BCUT2D eigenvalue weighted by Gasteiger charge is 2.10. The van der Waals surface area contributed by atoms with Crippen LogP contribution in [0.1, 0.15) is 43.9 Å². The maximum atomic E-state index is 8.95. The molecule has 0 fully saturated rings. The van der Waals surface area contributed by atoms with E-state index in [1.807, 2.05) is 0 Å². The van der Waals surface area contributed by atoms with E-state index < -0.39 is 0 Å². The summed E-state index contributed by atoms with van der Waals surface area (Å²) in [6, 6.07) is 9.36. The van der Waals surface area contributed by atoms with Gasteiger partial charge in [0.25, 0.3) is 0 Å². The quantitative estimate of drug-likeness (QED) is 0.774. The second-order valence-electron chi connectivity index (χ2n) is 4.42. The average Bonchev–Trinajstić information content (AvgIpc) is 2.29. The van der Waals surface area contributed by atoms with Crippen LogP contribution in [0.25, 0.3) is 0 Å². The molecule has 2 heteroatoms. The molecule has 2 atom stereocenters. The normalized spacial score (nSPS) is 14.8. The average molecular weight is 221 g/mol. The van der Waals surface area contributed by atoms with Gasteiger partial charge in [0, 0.05) is 18.7 Å². The van der Waals surface area contributed by atoms with Gasteiger partial charge in [-0.25, -0.2) is 0 Å². The molecule has 0 aromatic heterocycles. The summed E-state index contributed by atoms with van der Waals surface area (Å²) in [6.45, 7) is 6.68. The summed E-state index contributed by atoms with van der Waals surface area (Å²) in [5.41, 5.74) is 2.60. The van der Waals surface area contributed by atoms with Crippen LogP contribution in [-0.4, -0.2) is 17.8 Å². The molecule has 0 saturated heterocycles. The monoisotopic (exact) mass is 221 g/mol. The van der Waals surface area contributed by atoms with E-state index >= 15 is 0 Å². The van der Waals surface area contributed by atoms with E-state index in [-0.39, 0.29) is 6.61 Å². The molecule has 1 rings (SSSR count). The van der Waals surface area contributed by atoms with Gasteiger partial charge in [0.15, 0.2) is 0 Å². The lowest BCUT2D eigenvalue weighted by Crippen LogP contribution is -2.31. The summed E-state index contributed by atoms with van der Waals surface area (Å²) in [4.78, 5) is 0. The predicted molar refractivity (Wildman–Crippen MR) is 68.5 cm³/mol. The third kappa shape index (κ3) is 3.95. The number of aliphatic hydroxyl groups is 1. The van der Waals surface area contributed by atoms with Gasteiger partial charge >= 0.3 is 0 Å². The molecule has 16 heavy (non-hydrogen) atoms. The Labute approximate surface area is 98.7 Å². The molecule has 2 N–H and O–H groups in total. The lowest BCUT2D eigenvalue weighted by molar-refractivity contribution is 0.257. The van der Waals surface area contributed by atoms with E-state index in [1.54, 1.807) is 0 Å². The minimum Gasteiger partial charge on any atom is -0.396 e. The van der Waals surface area contributed by atoms with Crippen molar-refractivity contribution in [2.24, 2.45) is 0 Å². The van der Waals surface area contributed by atoms with E-state index in [1.165, 1.54) is 11.1 Å². The summed E-state index contributed by atoms with van der Waals surface area (Å²) >= 11 is 0. The Morgan fingerprint density at radius 3 is 2.38 bits per heavy atom. The van der Waals surface area contributed by atoms with E-state index in [9.17, 15) is 0 Å². The van der Waals surface area contributed by atoms with Crippen LogP contribution in [0.2, 0.25) is 0 Å². The summed E-state index contributed by atoms with van der Waals surface area (Å²) < 4.78 is 0. The minimum absolute atomic E-state index is 0.256. The number of hydrogen-bond donors (Lipinski definition) is 2. The number of aryl methyl sites for hydroxylation is 1. The molecule has 0 heterocycles. The summed E-state index contributed by atoms with van der Waals surface area (Å²) in [5.74, 6) is 0. The zero-order valence-corrected chi connectivity index (χ0v) is 10.5. The van der Waals surface area contributed by atoms with Crippen molar-refractivity contribution >= 4 is 0 Å². The molecule has 1 aromatic carbocycles. The summed E-state index contributed by atoms with van der Waals surface area (Å²) in [5, 5.41) is 12.5. The second-order valence-corrected chi connectivity index (χ2v) is 4.42. The van der Waals surface area contributed by atoms with Gasteiger partial charge in [0.2, 0.25) is 0 Å². The van der Waals surface area contributed by atoms with E-state index in [0.717, 1.165) is 12.8 Å². The van der Waals surface area contributed by atoms with E-state index in [0.29, 0.717) is 12.1 Å². The lowest BCUT2D eigenvalue weighted by Gasteiger charge is -2.22. The molecule has 0 spiro atoms. The van der Waals surface area contributed by atoms with Crippen molar-refractivity contribution in [2.45, 2.75) is 45.7 Å². The molecule has 0 radical (unpaired) electrons. The highest BCUT2D eigenvalue weighted by Crippen LogP contribution is 2.15. The van der Waals surface area contributed by atoms with Gasteiger partial charge in [0.05, 0.1) is 0 Å². The Bertz CT molecular complexity index is 294. The van der Waals surface area contributed by atoms with Gasteiger partial charge in [-0.05, 0) is 32.3 Å². The van der Waals surface area contributed by atoms with E-state index in [2.05, 4.69) is 50.4 Å². The first kappa shape index (κ1) is 13.2. The standard InChI is InChI=1S/C14H23NO/c1-4-14(9-10-16)15-12(3)13-7-5-11(2)6-8-13/h5-8,12,14-16H,4,9-10H2,1-3H3. The molecule has 2 unspecified atom stereocenters. The molecule has 0 bridgehead atoms. The fraction of sp³-hybridized carbons (Fsp3) is 0.571. The molecule has 0 saturated carbocycles. The number of benzene rings is 1. The van der Waals surface area contributed by atoms with E-state index in [4.69, 9.17) is 5.11 Å². The highest BCUT2D eigenvalue weighted by molar-refractivity contribution is 5.23. The van der Waals surface area contributed by atoms with Crippen molar-refractivity contribution in [3.63, 3.8) is 0 Å². The first-order valence-corrected chi connectivity index (χ1v) is 6.10. The topological polar surface area (TPSA) is 32.3 Å². The molecule has 0 aliphatic heterocycles. The van der Waals surface area contributed by atoms with Crippen molar-refractivity contribution in [2.75, 3.05) is 6.61 Å². The third-order valence-corrected chi connectivity index (χ3v) is 3.03. The highest BCUT2D eigenvalue weighted by atomic mass is 16.3.